The van der Waals surface area contributed by atoms with Gasteiger partial charge >= 0.3 is 0 Å². The lowest BCUT2D eigenvalue weighted by molar-refractivity contribution is 0.223. The van der Waals surface area contributed by atoms with Gasteiger partial charge in [0.15, 0.2) is 0 Å². The molecule has 2 N–H and O–H groups in total. The molecule has 1 heterocycles. The Bertz CT molecular complexity index is 119. The molecule has 2 unspecified atom stereocenters. The fourth-order valence-electron chi connectivity index (χ4n) is 2.31. The Kier molecular flexibility index (Phi) is 5.40. The third-order valence-electron chi connectivity index (χ3n) is 3.19. The normalized spacial score (nSPS) is 26.8. The predicted octanol–water partition coefficient (Wildman–Crippen LogP) is 1.93. The van der Waals surface area contributed by atoms with Gasteiger partial charge in [-0.05, 0) is 31.7 Å². The topological polar surface area (TPSA) is 32.3 Å². The first-order valence-electron chi connectivity index (χ1n) is 5.72. The lowest BCUT2D eigenvalue weighted by Gasteiger charge is -2.25. The Morgan fingerprint density at radius 1 is 1.38 bits per heavy atom. The van der Waals surface area contributed by atoms with Crippen LogP contribution >= 0.6 is 0 Å². The molecule has 1 rings (SSSR count). The molecule has 0 saturated carbocycles. The Labute approximate surface area is 81.7 Å². The molecule has 1 saturated heterocycles. The first-order valence-corrected chi connectivity index (χ1v) is 5.72. The highest BCUT2D eigenvalue weighted by atomic mass is 16.3. The molecule has 0 aliphatic carbocycles. The Morgan fingerprint density at radius 3 is 2.92 bits per heavy atom. The van der Waals surface area contributed by atoms with Gasteiger partial charge in [-0.2, -0.15) is 0 Å². The average molecular weight is 185 g/mol. The van der Waals surface area contributed by atoms with Gasteiger partial charge < -0.3 is 10.4 Å². The van der Waals surface area contributed by atoms with Gasteiger partial charge in [-0.3, -0.25) is 0 Å². The summed E-state index contributed by atoms with van der Waals surface area (Å²) in [6.45, 7) is 3.75. The summed E-state index contributed by atoms with van der Waals surface area (Å²) in [6.07, 6.45) is 7.52. The van der Waals surface area contributed by atoms with Crippen molar-refractivity contribution < 1.29 is 5.11 Å². The highest BCUT2D eigenvalue weighted by Gasteiger charge is 2.19. The van der Waals surface area contributed by atoms with Crippen molar-refractivity contribution in [2.45, 2.75) is 51.5 Å². The Hall–Kier alpha value is -0.0800. The van der Waals surface area contributed by atoms with E-state index in [9.17, 15) is 0 Å². The second kappa shape index (κ2) is 6.39. The number of hydrogen-bond acceptors (Lipinski definition) is 2. The minimum atomic E-state index is 0.344. The van der Waals surface area contributed by atoms with Crippen LogP contribution in [0.5, 0.6) is 0 Å². The van der Waals surface area contributed by atoms with Gasteiger partial charge in [-0.25, -0.2) is 0 Å². The zero-order valence-corrected chi connectivity index (χ0v) is 8.76. The van der Waals surface area contributed by atoms with Crippen LogP contribution in [0.1, 0.15) is 45.4 Å². The molecule has 2 heteroatoms. The van der Waals surface area contributed by atoms with Gasteiger partial charge in [-0.1, -0.05) is 26.2 Å². The van der Waals surface area contributed by atoms with Crippen LogP contribution in [-0.2, 0) is 0 Å². The maximum atomic E-state index is 8.94. The van der Waals surface area contributed by atoms with Crippen molar-refractivity contribution >= 4 is 0 Å². The molecule has 0 spiro atoms. The van der Waals surface area contributed by atoms with Crippen LogP contribution < -0.4 is 5.32 Å². The fraction of sp³-hybridized carbons (Fsp3) is 1.00. The fourth-order valence-corrected chi connectivity index (χ4v) is 2.31. The van der Waals surface area contributed by atoms with Gasteiger partial charge in [0.25, 0.3) is 0 Å². The van der Waals surface area contributed by atoms with Crippen LogP contribution in [0, 0.1) is 5.92 Å². The first-order chi connectivity index (χ1) is 6.38. The van der Waals surface area contributed by atoms with Crippen LogP contribution in [0.15, 0.2) is 0 Å². The van der Waals surface area contributed by atoms with Crippen LogP contribution in [-0.4, -0.2) is 24.3 Å². The summed E-state index contributed by atoms with van der Waals surface area (Å²) in [5.41, 5.74) is 0. The van der Waals surface area contributed by atoms with Gasteiger partial charge in [-0.15, -0.1) is 0 Å². The highest BCUT2D eigenvalue weighted by molar-refractivity contribution is 4.77. The van der Waals surface area contributed by atoms with Crippen LogP contribution in [0.3, 0.4) is 0 Å². The zero-order valence-electron chi connectivity index (χ0n) is 8.76. The van der Waals surface area contributed by atoms with Crippen molar-refractivity contribution in [2.75, 3.05) is 13.2 Å². The quantitative estimate of drug-likeness (QED) is 0.701. The van der Waals surface area contributed by atoms with E-state index >= 15 is 0 Å². The molecule has 1 aliphatic heterocycles. The second-order valence-corrected chi connectivity index (χ2v) is 4.09. The van der Waals surface area contributed by atoms with Gasteiger partial charge in [0.1, 0.15) is 0 Å². The molecule has 78 valence electrons. The van der Waals surface area contributed by atoms with E-state index in [1.807, 2.05) is 0 Å². The van der Waals surface area contributed by atoms with E-state index in [4.69, 9.17) is 5.11 Å². The predicted molar refractivity (Wildman–Crippen MR) is 55.7 cm³/mol. The van der Waals surface area contributed by atoms with E-state index in [2.05, 4.69) is 12.2 Å². The van der Waals surface area contributed by atoms with Crippen molar-refractivity contribution in [3.8, 4) is 0 Å². The molecule has 1 fully saturated rings. The molecule has 13 heavy (non-hydrogen) atoms. The second-order valence-electron chi connectivity index (χ2n) is 4.09. The lowest BCUT2D eigenvalue weighted by atomic mass is 9.91. The Morgan fingerprint density at radius 2 is 2.23 bits per heavy atom. The van der Waals surface area contributed by atoms with Crippen LogP contribution in [0.4, 0.5) is 0 Å². The number of nitrogens with one attached hydrogen (secondary N) is 1. The molecular weight excluding hydrogens is 162 g/mol. The van der Waals surface area contributed by atoms with E-state index in [1.54, 1.807) is 0 Å². The molecular formula is C11H23NO. The monoisotopic (exact) mass is 185 g/mol. The summed E-state index contributed by atoms with van der Waals surface area (Å²) in [7, 11) is 0. The lowest BCUT2D eigenvalue weighted by Crippen LogP contribution is -2.35. The summed E-state index contributed by atoms with van der Waals surface area (Å²) >= 11 is 0. The summed E-state index contributed by atoms with van der Waals surface area (Å²) < 4.78 is 0. The molecule has 0 aromatic heterocycles. The first kappa shape index (κ1) is 11.0. The van der Waals surface area contributed by atoms with E-state index < -0.39 is 0 Å². The van der Waals surface area contributed by atoms with Crippen molar-refractivity contribution in [3.63, 3.8) is 0 Å². The van der Waals surface area contributed by atoms with E-state index in [-0.39, 0.29) is 0 Å². The number of hydrogen-bond donors (Lipinski definition) is 2. The van der Waals surface area contributed by atoms with E-state index in [1.165, 1.54) is 38.6 Å². The van der Waals surface area contributed by atoms with Crippen molar-refractivity contribution in [1.29, 1.82) is 0 Å². The standard InChI is InChI=1S/C11H23NO/c1-2-10(7-9-13)11-6-4-3-5-8-12-11/h10-13H,2-9H2,1H3. The summed E-state index contributed by atoms with van der Waals surface area (Å²) in [4.78, 5) is 0. The molecule has 0 aromatic carbocycles. The summed E-state index contributed by atoms with van der Waals surface area (Å²) in [5, 5.41) is 12.5. The van der Waals surface area contributed by atoms with E-state index in [0.717, 1.165) is 6.42 Å². The van der Waals surface area contributed by atoms with Gasteiger partial charge in [0.2, 0.25) is 0 Å². The van der Waals surface area contributed by atoms with Gasteiger partial charge in [0.05, 0.1) is 0 Å². The molecule has 0 amide bonds. The van der Waals surface area contributed by atoms with E-state index in [0.29, 0.717) is 18.6 Å². The van der Waals surface area contributed by atoms with Crippen molar-refractivity contribution in [1.82, 2.24) is 5.32 Å². The zero-order chi connectivity index (χ0) is 9.52. The van der Waals surface area contributed by atoms with Crippen molar-refractivity contribution in [2.24, 2.45) is 5.92 Å². The minimum Gasteiger partial charge on any atom is -0.396 e. The summed E-state index contributed by atoms with van der Waals surface area (Å²) in [6, 6.07) is 0.666. The Balaban J connectivity index is 2.35. The summed E-state index contributed by atoms with van der Waals surface area (Å²) in [5.74, 6) is 0.683. The minimum absolute atomic E-state index is 0.344. The largest absolute Gasteiger partial charge is 0.396 e. The molecule has 2 nitrogen and oxygen atoms in total. The number of aliphatic hydroxyl groups is 1. The highest BCUT2D eigenvalue weighted by Crippen LogP contribution is 2.20. The van der Waals surface area contributed by atoms with Crippen LogP contribution in [0.2, 0.25) is 0 Å². The average Bonchev–Trinajstić information content (AvgIpc) is 2.42. The maximum absolute atomic E-state index is 8.94. The molecule has 1 aliphatic rings. The van der Waals surface area contributed by atoms with Crippen molar-refractivity contribution in [3.05, 3.63) is 0 Å². The smallest absolute Gasteiger partial charge is 0.0434 e. The molecule has 2 atom stereocenters. The number of aliphatic hydroxyl groups excluding tert-OH is 1. The molecule has 0 aromatic rings. The SMILES string of the molecule is CCC(CCO)C1CCCCCN1. The van der Waals surface area contributed by atoms with Crippen LogP contribution in [0.25, 0.3) is 0 Å². The third kappa shape index (κ3) is 3.65. The van der Waals surface area contributed by atoms with Gasteiger partial charge in [0, 0.05) is 12.6 Å². The third-order valence-corrected chi connectivity index (χ3v) is 3.19. The maximum Gasteiger partial charge on any atom is 0.0434 e. The number of rotatable bonds is 4. The molecule has 0 radical (unpaired) electrons. The molecule has 0 bridgehead atoms.